The third kappa shape index (κ3) is 3.78. The van der Waals surface area contributed by atoms with Gasteiger partial charge in [0.05, 0.1) is 0 Å². The van der Waals surface area contributed by atoms with Crippen LogP contribution < -0.4 is 10.1 Å². The molecule has 0 aromatic heterocycles. The topological polar surface area (TPSA) is 21.3 Å². The first-order chi connectivity index (χ1) is 9.68. The Morgan fingerprint density at radius 3 is 2.55 bits per heavy atom. The summed E-state index contributed by atoms with van der Waals surface area (Å²) in [5.41, 5.74) is 0.324. The van der Waals surface area contributed by atoms with Gasteiger partial charge in [0.25, 0.3) is 0 Å². The molecule has 1 unspecified atom stereocenters. The Kier molecular flexibility index (Phi) is 5.07. The Labute approximate surface area is 117 Å². The molecule has 4 heteroatoms. The molecule has 2 nitrogen and oxygen atoms in total. The van der Waals surface area contributed by atoms with E-state index in [1.54, 1.807) is 13.0 Å². The Balaban J connectivity index is 1.81. The predicted octanol–water partition coefficient (Wildman–Crippen LogP) is 3.69. The fraction of sp³-hybridized carbons (Fsp3) is 0.250. The fourth-order valence-corrected chi connectivity index (χ4v) is 1.93. The van der Waals surface area contributed by atoms with Gasteiger partial charge in [0.2, 0.25) is 0 Å². The highest BCUT2D eigenvalue weighted by Gasteiger charge is 2.13. The first kappa shape index (κ1) is 14.5. The highest BCUT2D eigenvalue weighted by atomic mass is 19.2. The highest BCUT2D eigenvalue weighted by Crippen LogP contribution is 2.18. The van der Waals surface area contributed by atoms with E-state index in [1.807, 2.05) is 30.3 Å². The molecular weight excluding hydrogens is 260 g/mol. The largest absolute Gasteiger partial charge is 0.492 e. The summed E-state index contributed by atoms with van der Waals surface area (Å²) >= 11 is 0. The number of halogens is 2. The molecule has 0 radical (unpaired) electrons. The lowest BCUT2D eigenvalue weighted by Crippen LogP contribution is -2.25. The summed E-state index contributed by atoms with van der Waals surface area (Å²) in [5.74, 6) is -0.827. The van der Waals surface area contributed by atoms with Crippen LogP contribution in [0.2, 0.25) is 0 Å². The van der Waals surface area contributed by atoms with Gasteiger partial charge in [-0.15, -0.1) is 0 Å². The van der Waals surface area contributed by atoms with Gasteiger partial charge >= 0.3 is 0 Å². The van der Waals surface area contributed by atoms with E-state index >= 15 is 0 Å². The van der Waals surface area contributed by atoms with Crippen molar-refractivity contribution < 1.29 is 13.5 Å². The molecule has 2 aromatic carbocycles. The number of hydrogen-bond acceptors (Lipinski definition) is 2. The maximum Gasteiger partial charge on any atom is 0.163 e. The first-order valence-corrected chi connectivity index (χ1v) is 6.53. The molecule has 0 aliphatic heterocycles. The number of ether oxygens (including phenoxy) is 1. The second-order valence-corrected chi connectivity index (χ2v) is 4.48. The van der Waals surface area contributed by atoms with E-state index < -0.39 is 11.6 Å². The number of hydrogen-bond donors (Lipinski definition) is 1. The molecule has 1 N–H and O–H groups in total. The van der Waals surface area contributed by atoms with Crippen LogP contribution in [0.5, 0.6) is 5.75 Å². The molecule has 0 heterocycles. The summed E-state index contributed by atoms with van der Waals surface area (Å²) in [5, 5.41) is 3.11. The van der Waals surface area contributed by atoms with Gasteiger partial charge in [0.15, 0.2) is 11.6 Å². The van der Waals surface area contributed by atoms with Crippen LogP contribution in [0, 0.1) is 11.6 Å². The van der Waals surface area contributed by atoms with Gasteiger partial charge in [-0.05, 0) is 25.1 Å². The van der Waals surface area contributed by atoms with Crippen molar-refractivity contribution in [1.82, 2.24) is 5.32 Å². The Morgan fingerprint density at radius 2 is 1.80 bits per heavy atom. The lowest BCUT2D eigenvalue weighted by atomic mass is 10.1. The van der Waals surface area contributed by atoms with Crippen LogP contribution in [0.25, 0.3) is 0 Å². The summed E-state index contributed by atoms with van der Waals surface area (Å²) in [6, 6.07) is 13.4. The molecule has 2 rings (SSSR count). The van der Waals surface area contributed by atoms with Gasteiger partial charge in [-0.1, -0.05) is 30.3 Å². The van der Waals surface area contributed by atoms with Crippen LogP contribution >= 0.6 is 0 Å². The van der Waals surface area contributed by atoms with Crippen molar-refractivity contribution in [3.05, 3.63) is 65.7 Å². The lowest BCUT2D eigenvalue weighted by Gasteiger charge is -2.15. The first-order valence-electron chi connectivity index (χ1n) is 6.53. The monoisotopic (exact) mass is 277 g/mol. The Bertz CT molecular complexity index is 545. The molecule has 0 aliphatic rings. The SMILES string of the molecule is CC(NCCOc1ccccc1)c1cccc(F)c1F. The van der Waals surface area contributed by atoms with Crippen molar-refractivity contribution in [3.63, 3.8) is 0 Å². The highest BCUT2D eigenvalue weighted by molar-refractivity contribution is 5.22. The van der Waals surface area contributed by atoms with Crippen molar-refractivity contribution in [2.75, 3.05) is 13.2 Å². The number of para-hydroxylation sites is 1. The third-order valence-electron chi connectivity index (χ3n) is 3.01. The van der Waals surface area contributed by atoms with E-state index in [2.05, 4.69) is 5.32 Å². The molecule has 0 fully saturated rings. The summed E-state index contributed by atoms with van der Waals surface area (Å²) in [6.45, 7) is 2.80. The lowest BCUT2D eigenvalue weighted by molar-refractivity contribution is 0.306. The van der Waals surface area contributed by atoms with Gasteiger partial charge in [0.1, 0.15) is 12.4 Å². The molecule has 106 valence electrons. The Morgan fingerprint density at radius 1 is 1.05 bits per heavy atom. The predicted molar refractivity (Wildman–Crippen MR) is 74.7 cm³/mol. The van der Waals surface area contributed by atoms with Gasteiger partial charge < -0.3 is 10.1 Å². The standard InChI is InChI=1S/C16H17F2NO/c1-12(14-8-5-9-15(17)16(14)18)19-10-11-20-13-6-3-2-4-7-13/h2-9,12,19H,10-11H2,1H3. The zero-order valence-electron chi connectivity index (χ0n) is 11.3. The molecule has 0 spiro atoms. The fourth-order valence-electron chi connectivity index (χ4n) is 1.93. The van der Waals surface area contributed by atoms with Crippen LogP contribution in [0.4, 0.5) is 8.78 Å². The van der Waals surface area contributed by atoms with E-state index in [4.69, 9.17) is 4.74 Å². The number of benzene rings is 2. The summed E-state index contributed by atoms with van der Waals surface area (Å²) in [7, 11) is 0. The number of nitrogens with one attached hydrogen (secondary N) is 1. The van der Waals surface area contributed by atoms with Crippen molar-refractivity contribution >= 4 is 0 Å². The minimum Gasteiger partial charge on any atom is -0.492 e. The Hall–Kier alpha value is -1.94. The smallest absolute Gasteiger partial charge is 0.163 e. The average Bonchev–Trinajstić information content (AvgIpc) is 2.47. The molecule has 0 aliphatic carbocycles. The minimum absolute atomic E-state index is 0.273. The van der Waals surface area contributed by atoms with Crippen LogP contribution in [0.1, 0.15) is 18.5 Å². The van der Waals surface area contributed by atoms with Crippen molar-refractivity contribution in [2.45, 2.75) is 13.0 Å². The molecule has 20 heavy (non-hydrogen) atoms. The molecule has 1 atom stereocenters. The van der Waals surface area contributed by atoms with Crippen molar-refractivity contribution in [3.8, 4) is 5.75 Å². The second-order valence-electron chi connectivity index (χ2n) is 4.48. The zero-order valence-corrected chi connectivity index (χ0v) is 11.3. The average molecular weight is 277 g/mol. The molecule has 0 saturated heterocycles. The molecule has 2 aromatic rings. The molecular formula is C16H17F2NO. The van der Waals surface area contributed by atoms with Crippen LogP contribution in [-0.4, -0.2) is 13.2 Å². The normalized spacial score (nSPS) is 12.2. The quantitative estimate of drug-likeness (QED) is 0.813. The van der Waals surface area contributed by atoms with Crippen molar-refractivity contribution in [2.24, 2.45) is 0 Å². The van der Waals surface area contributed by atoms with E-state index in [-0.39, 0.29) is 6.04 Å². The zero-order chi connectivity index (χ0) is 14.4. The minimum atomic E-state index is -0.823. The van der Waals surface area contributed by atoms with Crippen LogP contribution in [0.3, 0.4) is 0 Å². The van der Waals surface area contributed by atoms with Gasteiger partial charge in [-0.2, -0.15) is 0 Å². The molecule has 0 saturated carbocycles. The van der Waals surface area contributed by atoms with E-state index in [9.17, 15) is 8.78 Å². The number of rotatable bonds is 6. The summed E-state index contributed by atoms with van der Waals surface area (Å²) in [4.78, 5) is 0. The van der Waals surface area contributed by atoms with E-state index in [1.165, 1.54) is 6.07 Å². The van der Waals surface area contributed by atoms with Crippen LogP contribution in [-0.2, 0) is 0 Å². The van der Waals surface area contributed by atoms with Crippen molar-refractivity contribution in [1.29, 1.82) is 0 Å². The van der Waals surface area contributed by atoms with Gasteiger partial charge in [0, 0.05) is 18.2 Å². The van der Waals surface area contributed by atoms with Gasteiger partial charge in [-0.25, -0.2) is 8.78 Å². The molecule has 0 amide bonds. The maximum atomic E-state index is 13.6. The summed E-state index contributed by atoms with van der Waals surface area (Å²) < 4.78 is 32.2. The second kappa shape index (κ2) is 7.01. The molecule has 0 bridgehead atoms. The van der Waals surface area contributed by atoms with E-state index in [0.717, 1.165) is 11.8 Å². The van der Waals surface area contributed by atoms with Crippen LogP contribution in [0.15, 0.2) is 48.5 Å². The summed E-state index contributed by atoms with van der Waals surface area (Å²) in [6.07, 6.45) is 0. The maximum absolute atomic E-state index is 13.6. The van der Waals surface area contributed by atoms with Gasteiger partial charge in [-0.3, -0.25) is 0 Å². The third-order valence-corrected chi connectivity index (χ3v) is 3.01. The van der Waals surface area contributed by atoms with E-state index in [0.29, 0.717) is 18.7 Å².